The van der Waals surface area contributed by atoms with Gasteiger partial charge in [-0.25, -0.2) is 0 Å². The fourth-order valence-electron chi connectivity index (χ4n) is 7.15. The lowest BCUT2D eigenvalue weighted by Gasteiger charge is -2.47. The highest BCUT2D eigenvalue weighted by molar-refractivity contribution is 6.31. The van der Waals surface area contributed by atoms with Gasteiger partial charge in [-0.2, -0.15) is 5.26 Å². The summed E-state index contributed by atoms with van der Waals surface area (Å²) < 4.78 is 23.0. The number of phenolic OH excluding ortho intramolecular Hbond substituents is 2. The third-order valence-electron chi connectivity index (χ3n) is 9.48. The van der Waals surface area contributed by atoms with Crippen molar-refractivity contribution in [2.45, 2.75) is 68.5 Å². The molecular weight excluding hydrogens is 604 g/mol. The number of carbonyl (C=O) groups excluding carboxylic acids is 3. The Hall–Kier alpha value is -3.94. The molecule has 0 radical (unpaired) electrons. The number of aromatic hydroxyl groups is 2. The number of carbonyl (C=O) groups is 3. The van der Waals surface area contributed by atoms with Gasteiger partial charge in [0.25, 0.3) is 0 Å². The van der Waals surface area contributed by atoms with E-state index in [0.29, 0.717) is 13.2 Å². The van der Waals surface area contributed by atoms with E-state index in [2.05, 4.69) is 6.07 Å². The average Bonchev–Trinajstić information content (AvgIpc) is 3.05. The Bertz CT molecular complexity index is 1650. The van der Waals surface area contributed by atoms with Gasteiger partial charge in [-0.3, -0.25) is 19.3 Å². The molecule has 5 N–H and O–H groups in total. The lowest BCUT2D eigenvalue weighted by Crippen LogP contribution is -2.60. The van der Waals surface area contributed by atoms with E-state index in [1.165, 1.54) is 25.3 Å². The van der Waals surface area contributed by atoms with Crippen molar-refractivity contribution in [2.24, 2.45) is 0 Å². The van der Waals surface area contributed by atoms with Crippen LogP contribution >= 0.6 is 0 Å². The summed E-state index contributed by atoms with van der Waals surface area (Å²) in [5.74, 6) is -3.87. The van der Waals surface area contributed by atoms with Crippen LogP contribution in [-0.2, 0) is 25.4 Å². The number of methoxy groups -OCH3 is 1. The first-order chi connectivity index (χ1) is 21.9. The number of nitriles is 1. The maximum Gasteiger partial charge on any atom is 0.202 e. The summed E-state index contributed by atoms with van der Waals surface area (Å²) in [5, 5.41) is 65.1. The van der Waals surface area contributed by atoms with Gasteiger partial charge in [-0.1, -0.05) is 12.1 Å². The molecule has 2 aliphatic heterocycles. The number of fused-ring (bicyclic) bond motifs is 3. The number of Topliss-reactive ketones (excluding diaryl/α,β-unsaturated/α-hetero) is 1. The van der Waals surface area contributed by atoms with Crippen molar-refractivity contribution < 1.29 is 58.9 Å². The maximum absolute atomic E-state index is 13.9. The van der Waals surface area contributed by atoms with Crippen LogP contribution < -0.4 is 4.74 Å². The lowest BCUT2D eigenvalue weighted by atomic mass is 9.72. The lowest BCUT2D eigenvalue weighted by molar-refractivity contribution is -0.262. The number of aliphatic hydroxyl groups excluding tert-OH is 2. The number of aliphatic hydroxyl groups is 3. The van der Waals surface area contributed by atoms with Gasteiger partial charge in [-0.15, -0.1) is 0 Å². The molecule has 4 aliphatic rings. The van der Waals surface area contributed by atoms with Crippen LogP contribution in [-0.4, -0.2) is 117 Å². The third-order valence-corrected chi connectivity index (χ3v) is 9.48. The molecule has 2 aromatic rings. The number of ketones is 3. The van der Waals surface area contributed by atoms with Gasteiger partial charge >= 0.3 is 0 Å². The van der Waals surface area contributed by atoms with Crippen LogP contribution in [0.4, 0.5) is 0 Å². The first kappa shape index (κ1) is 32.0. The van der Waals surface area contributed by atoms with E-state index in [1.807, 2.05) is 0 Å². The molecule has 0 bridgehead atoms. The van der Waals surface area contributed by atoms with E-state index in [9.17, 15) is 45.2 Å². The predicted octanol–water partition coefficient (Wildman–Crippen LogP) is 0.267. The zero-order valence-electron chi connectivity index (χ0n) is 25.1. The van der Waals surface area contributed by atoms with Crippen molar-refractivity contribution in [1.29, 1.82) is 5.26 Å². The second-order valence-corrected chi connectivity index (χ2v) is 12.0. The normalized spacial score (nSPS) is 31.0. The summed E-state index contributed by atoms with van der Waals surface area (Å²) in [6, 6.07) is 5.28. The summed E-state index contributed by atoms with van der Waals surface area (Å²) in [6.07, 6.45) is -5.39. The second kappa shape index (κ2) is 12.0. The standard InChI is InChI=1S/C32H34N2O12/c1-14-27(37)18(34-6-7-44-13-15(34)11-33)8-22(45-14)46-20-10-32(42,21(36)12-35)9-17-24(20)31(41)26-25(29(17)39)28(38)16-4-3-5-19(43-2)23(16)30(26)40/h3-5,14-15,18,20,22,27,35,37,39,41-42H,6-10,12-13H2,1-2H3/t14-,15?,18-,20-,22?,27+,32-/m0/s1. The number of phenols is 2. The number of nitrogens with zero attached hydrogens (tertiary/aromatic N) is 2. The van der Waals surface area contributed by atoms with Gasteiger partial charge < -0.3 is 44.5 Å². The SMILES string of the molecule is COc1cccc2c1C(=O)c1c(O)c3c(c(O)c1C2=O)C[C@@](O)(C(=O)CO)C[C@@H]3OC1C[C@H](N2CCOCC2C#N)[C@H](O)[C@H](C)O1. The first-order valence-corrected chi connectivity index (χ1v) is 14.9. The van der Waals surface area contributed by atoms with Crippen molar-refractivity contribution in [3.05, 3.63) is 51.6 Å². The van der Waals surface area contributed by atoms with Gasteiger partial charge in [0.05, 0.1) is 61.4 Å². The van der Waals surface area contributed by atoms with Crippen LogP contribution in [0.2, 0.25) is 0 Å². The molecular formula is C32H34N2O12. The van der Waals surface area contributed by atoms with E-state index in [4.69, 9.17) is 18.9 Å². The quantitative estimate of drug-likeness (QED) is 0.229. The molecule has 7 atom stereocenters. The number of hydrogen-bond donors (Lipinski definition) is 5. The molecule has 2 fully saturated rings. The molecule has 14 nitrogen and oxygen atoms in total. The molecule has 0 amide bonds. The zero-order valence-corrected chi connectivity index (χ0v) is 25.1. The van der Waals surface area contributed by atoms with E-state index in [-0.39, 0.29) is 41.0 Å². The van der Waals surface area contributed by atoms with Crippen LogP contribution in [0, 0.1) is 11.3 Å². The molecule has 2 unspecified atom stereocenters. The molecule has 46 heavy (non-hydrogen) atoms. The van der Waals surface area contributed by atoms with Gasteiger partial charge in [0.15, 0.2) is 17.9 Å². The van der Waals surface area contributed by atoms with Crippen molar-refractivity contribution in [2.75, 3.05) is 33.5 Å². The molecule has 14 heteroatoms. The molecule has 2 saturated heterocycles. The molecule has 6 rings (SSSR count). The average molecular weight is 639 g/mol. The van der Waals surface area contributed by atoms with Gasteiger partial charge in [-0.05, 0) is 13.0 Å². The number of morpholine rings is 1. The van der Waals surface area contributed by atoms with Gasteiger partial charge in [0.1, 0.15) is 35.5 Å². The van der Waals surface area contributed by atoms with E-state index in [1.54, 1.807) is 11.8 Å². The minimum Gasteiger partial charge on any atom is -0.507 e. The van der Waals surface area contributed by atoms with Crippen molar-refractivity contribution in [1.82, 2.24) is 4.90 Å². The number of benzene rings is 2. The smallest absolute Gasteiger partial charge is 0.202 e. The number of rotatable bonds is 6. The Morgan fingerprint density at radius 3 is 2.61 bits per heavy atom. The van der Waals surface area contributed by atoms with Crippen molar-refractivity contribution in [3.8, 4) is 23.3 Å². The maximum atomic E-state index is 13.9. The minimum absolute atomic E-state index is 0.0293. The molecule has 0 aromatic heterocycles. The summed E-state index contributed by atoms with van der Waals surface area (Å²) in [6.45, 7) is 1.42. The van der Waals surface area contributed by atoms with Crippen molar-refractivity contribution >= 4 is 17.3 Å². The van der Waals surface area contributed by atoms with Crippen LogP contribution in [0.25, 0.3) is 0 Å². The fraction of sp³-hybridized carbons (Fsp3) is 0.500. The summed E-state index contributed by atoms with van der Waals surface area (Å²) >= 11 is 0. The highest BCUT2D eigenvalue weighted by Gasteiger charge is 2.51. The number of ether oxygens (including phenoxy) is 4. The van der Waals surface area contributed by atoms with E-state index in [0.717, 1.165) is 0 Å². The third kappa shape index (κ3) is 4.96. The minimum atomic E-state index is -2.29. The summed E-state index contributed by atoms with van der Waals surface area (Å²) in [7, 11) is 1.32. The summed E-state index contributed by atoms with van der Waals surface area (Å²) in [4.78, 5) is 42.2. The number of hydrogen-bond acceptors (Lipinski definition) is 14. The van der Waals surface area contributed by atoms with Crippen molar-refractivity contribution in [3.63, 3.8) is 0 Å². The van der Waals surface area contributed by atoms with Gasteiger partial charge in [0.2, 0.25) is 5.78 Å². The molecule has 2 aliphatic carbocycles. The highest BCUT2D eigenvalue weighted by atomic mass is 16.7. The Morgan fingerprint density at radius 2 is 1.91 bits per heavy atom. The Balaban J connectivity index is 1.44. The molecule has 0 saturated carbocycles. The predicted molar refractivity (Wildman–Crippen MR) is 154 cm³/mol. The van der Waals surface area contributed by atoms with Crippen LogP contribution in [0.1, 0.15) is 68.8 Å². The van der Waals surface area contributed by atoms with E-state index < -0.39 is 102 Å². The van der Waals surface area contributed by atoms with E-state index >= 15 is 0 Å². The van der Waals surface area contributed by atoms with Gasteiger partial charge in [0, 0.05) is 48.5 Å². The summed E-state index contributed by atoms with van der Waals surface area (Å²) in [5.41, 5.74) is -3.78. The monoisotopic (exact) mass is 638 g/mol. The Kier molecular flexibility index (Phi) is 8.36. The Labute approximate surface area is 263 Å². The molecule has 2 heterocycles. The molecule has 244 valence electrons. The first-order valence-electron chi connectivity index (χ1n) is 14.9. The fourth-order valence-corrected chi connectivity index (χ4v) is 7.15. The van der Waals surface area contributed by atoms with Crippen LogP contribution in [0.5, 0.6) is 17.2 Å². The Morgan fingerprint density at radius 1 is 1.17 bits per heavy atom. The second-order valence-electron chi connectivity index (χ2n) is 12.0. The van der Waals surface area contributed by atoms with Crippen LogP contribution in [0.3, 0.4) is 0 Å². The molecule has 2 aromatic carbocycles. The highest BCUT2D eigenvalue weighted by Crippen LogP contribution is 2.52. The topological polar surface area (TPSA) is 216 Å². The molecule has 0 spiro atoms. The largest absolute Gasteiger partial charge is 0.507 e. The van der Waals surface area contributed by atoms with Crippen LogP contribution in [0.15, 0.2) is 18.2 Å². The zero-order chi connectivity index (χ0) is 33.1.